The first-order valence-corrected chi connectivity index (χ1v) is 11.6. The third-order valence-electron chi connectivity index (χ3n) is 5.00. The molecular formula is C25H28N2O3S. The minimum atomic E-state index is -3.72. The minimum Gasteiger partial charge on any atom is -0.337 e. The highest BCUT2D eigenvalue weighted by Crippen LogP contribution is 2.23. The molecule has 0 aromatic heterocycles. The van der Waals surface area contributed by atoms with E-state index in [0.29, 0.717) is 17.8 Å². The van der Waals surface area contributed by atoms with Crippen LogP contribution in [-0.2, 0) is 22.0 Å². The quantitative estimate of drug-likeness (QED) is 0.587. The van der Waals surface area contributed by atoms with Crippen LogP contribution in [-0.4, -0.2) is 26.3 Å². The summed E-state index contributed by atoms with van der Waals surface area (Å²) in [7, 11) is -1.98. The fourth-order valence-corrected chi connectivity index (χ4v) is 4.28. The van der Waals surface area contributed by atoms with Gasteiger partial charge < -0.3 is 4.90 Å². The predicted octanol–water partition coefficient (Wildman–Crippen LogP) is 5.06. The van der Waals surface area contributed by atoms with E-state index in [-0.39, 0.29) is 16.2 Å². The zero-order valence-corrected chi connectivity index (χ0v) is 19.1. The van der Waals surface area contributed by atoms with Gasteiger partial charge in [-0.1, -0.05) is 69.3 Å². The van der Waals surface area contributed by atoms with Gasteiger partial charge in [0.1, 0.15) is 0 Å². The molecular weight excluding hydrogens is 408 g/mol. The molecule has 1 N–H and O–H groups in total. The molecule has 0 unspecified atom stereocenters. The summed E-state index contributed by atoms with van der Waals surface area (Å²) in [5.41, 5.74) is 3.11. The lowest BCUT2D eigenvalue weighted by Crippen LogP contribution is -2.26. The Labute approximate surface area is 184 Å². The highest BCUT2D eigenvalue weighted by atomic mass is 32.2. The molecule has 0 fully saturated rings. The van der Waals surface area contributed by atoms with E-state index in [1.807, 2.05) is 12.1 Å². The molecule has 0 saturated carbocycles. The second kappa shape index (κ2) is 8.94. The van der Waals surface area contributed by atoms with Crippen molar-refractivity contribution in [1.29, 1.82) is 0 Å². The van der Waals surface area contributed by atoms with Crippen LogP contribution in [0.15, 0.2) is 83.8 Å². The first-order chi connectivity index (χ1) is 14.6. The number of nitrogens with zero attached hydrogens (tertiary/aromatic N) is 1. The van der Waals surface area contributed by atoms with Gasteiger partial charge in [0.15, 0.2) is 0 Å². The molecule has 0 aliphatic carbocycles. The molecule has 6 heteroatoms. The molecule has 0 atom stereocenters. The van der Waals surface area contributed by atoms with Crippen LogP contribution in [0, 0.1) is 0 Å². The van der Waals surface area contributed by atoms with Crippen LogP contribution in [0.2, 0.25) is 0 Å². The summed E-state index contributed by atoms with van der Waals surface area (Å²) >= 11 is 0. The molecule has 5 nitrogen and oxygen atoms in total. The molecule has 3 aromatic rings. The van der Waals surface area contributed by atoms with Crippen molar-refractivity contribution in [1.82, 2.24) is 4.90 Å². The number of sulfonamides is 1. The average Bonchev–Trinajstić information content (AvgIpc) is 2.73. The normalized spacial score (nSPS) is 11.7. The smallest absolute Gasteiger partial charge is 0.261 e. The number of nitrogens with one attached hydrogen (secondary N) is 1. The molecule has 0 heterocycles. The van der Waals surface area contributed by atoms with Crippen molar-refractivity contribution in [2.75, 3.05) is 11.8 Å². The van der Waals surface area contributed by atoms with Gasteiger partial charge in [0, 0.05) is 24.8 Å². The highest BCUT2D eigenvalue weighted by Gasteiger charge is 2.17. The van der Waals surface area contributed by atoms with Gasteiger partial charge in [-0.05, 0) is 46.9 Å². The fourth-order valence-electron chi connectivity index (χ4n) is 3.21. The standard InChI is InChI=1S/C25H28N2O3S/c1-25(2,3)21-15-13-19(14-16-21)18-27(4)24(28)20-9-8-10-22(17-20)26-31(29,30)23-11-6-5-7-12-23/h5-17,26H,18H2,1-4H3. The van der Waals surface area contributed by atoms with Crippen molar-refractivity contribution >= 4 is 21.6 Å². The number of amides is 1. The number of benzene rings is 3. The van der Waals surface area contributed by atoms with Crippen LogP contribution in [0.3, 0.4) is 0 Å². The van der Waals surface area contributed by atoms with Gasteiger partial charge in [0.2, 0.25) is 0 Å². The fraction of sp³-hybridized carbons (Fsp3) is 0.240. The van der Waals surface area contributed by atoms with Crippen molar-refractivity contribution in [2.24, 2.45) is 0 Å². The number of rotatable bonds is 6. The van der Waals surface area contributed by atoms with E-state index in [1.54, 1.807) is 54.4 Å². The Morgan fingerprint density at radius 1 is 0.903 bits per heavy atom. The lowest BCUT2D eigenvalue weighted by molar-refractivity contribution is 0.0785. The van der Waals surface area contributed by atoms with Crippen LogP contribution in [0.5, 0.6) is 0 Å². The summed E-state index contributed by atoms with van der Waals surface area (Å²) in [5.74, 6) is -0.180. The second-order valence-electron chi connectivity index (χ2n) is 8.61. The predicted molar refractivity (Wildman–Crippen MR) is 125 cm³/mol. The van der Waals surface area contributed by atoms with E-state index >= 15 is 0 Å². The number of anilines is 1. The van der Waals surface area contributed by atoms with Crippen LogP contribution in [0.25, 0.3) is 0 Å². The van der Waals surface area contributed by atoms with Crippen LogP contribution < -0.4 is 4.72 Å². The lowest BCUT2D eigenvalue weighted by Gasteiger charge is -2.21. The summed E-state index contributed by atoms with van der Waals surface area (Å²) in [6, 6.07) is 22.9. The van der Waals surface area contributed by atoms with Crippen molar-refractivity contribution in [3.05, 3.63) is 95.6 Å². The van der Waals surface area contributed by atoms with E-state index < -0.39 is 10.0 Å². The first kappa shape index (κ1) is 22.6. The first-order valence-electron chi connectivity index (χ1n) is 10.1. The van der Waals surface area contributed by atoms with Gasteiger partial charge in [0.25, 0.3) is 15.9 Å². The Kier molecular flexibility index (Phi) is 6.51. The summed E-state index contributed by atoms with van der Waals surface area (Å²) in [4.78, 5) is 14.7. The molecule has 0 radical (unpaired) electrons. The molecule has 3 aromatic carbocycles. The summed E-state index contributed by atoms with van der Waals surface area (Å²) in [6.45, 7) is 6.95. The van der Waals surface area contributed by atoms with Gasteiger partial charge >= 0.3 is 0 Å². The Balaban J connectivity index is 1.72. The third-order valence-corrected chi connectivity index (χ3v) is 6.40. The van der Waals surface area contributed by atoms with E-state index in [4.69, 9.17) is 0 Å². The van der Waals surface area contributed by atoms with Gasteiger partial charge in [-0.15, -0.1) is 0 Å². The third kappa shape index (κ3) is 5.73. The Morgan fingerprint density at radius 3 is 2.16 bits per heavy atom. The summed E-state index contributed by atoms with van der Waals surface area (Å²) in [5, 5.41) is 0. The van der Waals surface area contributed by atoms with Crippen molar-refractivity contribution < 1.29 is 13.2 Å². The Morgan fingerprint density at radius 2 is 1.55 bits per heavy atom. The summed E-state index contributed by atoms with van der Waals surface area (Å²) in [6.07, 6.45) is 0. The van der Waals surface area contributed by atoms with Crippen LogP contribution in [0.1, 0.15) is 42.3 Å². The maximum Gasteiger partial charge on any atom is 0.261 e. The lowest BCUT2D eigenvalue weighted by atomic mass is 9.87. The maximum absolute atomic E-state index is 12.9. The van der Waals surface area contributed by atoms with Gasteiger partial charge in [-0.3, -0.25) is 9.52 Å². The number of hydrogen-bond acceptors (Lipinski definition) is 3. The van der Waals surface area contributed by atoms with Crippen molar-refractivity contribution in [3.63, 3.8) is 0 Å². The monoisotopic (exact) mass is 436 g/mol. The number of carbonyl (C=O) groups is 1. The van der Waals surface area contributed by atoms with E-state index in [2.05, 4.69) is 37.6 Å². The minimum absolute atomic E-state index is 0.0772. The zero-order chi connectivity index (χ0) is 22.6. The van der Waals surface area contributed by atoms with Gasteiger partial charge in [-0.25, -0.2) is 8.42 Å². The molecule has 0 spiro atoms. The Hall–Kier alpha value is -3.12. The van der Waals surface area contributed by atoms with Crippen LogP contribution >= 0.6 is 0 Å². The molecule has 162 valence electrons. The zero-order valence-electron chi connectivity index (χ0n) is 18.3. The van der Waals surface area contributed by atoms with E-state index in [0.717, 1.165) is 5.56 Å². The van der Waals surface area contributed by atoms with E-state index in [9.17, 15) is 13.2 Å². The molecule has 0 aliphatic rings. The molecule has 0 bridgehead atoms. The molecule has 31 heavy (non-hydrogen) atoms. The number of hydrogen-bond donors (Lipinski definition) is 1. The largest absolute Gasteiger partial charge is 0.337 e. The van der Waals surface area contributed by atoms with Crippen LogP contribution in [0.4, 0.5) is 5.69 Å². The molecule has 1 amide bonds. The van der Waals surface area contributed by atoms with Gasteiger partial charge in [-0.2, -0.15) is 0 Å². The molecule has 0 aliphatic heterocycles. The van der Waals surface area contributed by atoms with Gasteiger partial charge in [0.05, 0.1) is 4.90 Å². The molecule has 0 saturated heterocycles. The SMILES string of the molecule is CN(Cc1ccc(C(C)(C)C)cc1)C(=O)c1cccc(NS(=O)(=O)c2ccccc2)c1. The van der Waals surface area contributed by atoms with Crippen molar-refractivity contribution in [2.45, 2.75) is 37.6 Å². The van der Waals surface area contributed by atoms with Crippen molar-refractivity contribution in [3.8, 4) is 0 Å². The number of carbonyl (C=O) groups excluding carboxylic acids is 1. The van der Waals surface area contributed by atoms with E-state index in [1.165, 1.54) is 17.7 Å². The topological polar surface area (TPSA) is 66.5 Å². The Bertz CT molecular complexity index is 1150. The molecule has 3 rings (SSSR count). The average molecular weight is 437 g/mol. The summed E-state index contributed by atoms with van der Waals surface area (Å²) < 4.78 is 27.6. The highest BCUT2D eigenvalue weighted by molar-refractivity contribution is 7.92. The second-order valence-corrected chi connectivity index (χ2v) is 10.3. The maximum atomic E-state index is 12.9.